The number of allylic oxidation sites excluding steroid dienone is 1. The molecule has 0 aliphatic heterocycles. The number of hydrogen-bond acceptors (Lipinski definition) is 4. The maximum Gasteiger partial charge on any atom is 0.339 e. The predicted octanol–water partition coefficient (Wildman–Crippen LogP) is 6.14. The molecule has 146 valence electrons. The van der Waals surface area contributed by atoms with Crippen molar-refractivity contribution in [2.45, 2.75) is 12.8 Å². The summed E-state index contributed by atoms with van der Waals surface area (Å²) in [5.41, 5.74) is 4.02. The molecule has 4 rings (SSSR count). The Morgan fingerprint density at radius 1 is 1.10 bits per heavy atom. The van der Waals surface area contributed by atoms with Gasteiger partial charge in [-0.1, -0.05) is 54.6 Å². The molecule has 0 saturated carbocycles. The predicted molar refractivity (Wildman–Crippen MR) is 117 cm³/mol. The third-order valence-electron chi connectivity index (χ3n) is 5.14. The fraction of sp³-hybridized carbons (Fsp3) is 0.130. The zero-order chi connectivity index (χ0) is 20.5. The van der Waals surface area contributed by atoms with Gasteiger partial charge in [0.1, 0.15) is 10.6 Å². The SMILES string of the molecule is C=C(Nc1scc(-c2ccc(Cl)cc2)c1C(=O)O)C1CC(=O)c2ccccc2C1. The van der Waals surface area contributed by atoms with Crippen LogP contribution in [-0.4, -0.2) is 16.9 Å². The van der Waals surface area contributed by atoms with Crippen molar-refractivity contribution >= 4 is 39.7 Å². The number of carbonyl (C=O) groups excluding carboxylic acids is 1. The number of nitrogens with one attached hydrogen (secondary N) is 1. The van der Waals surface area contributed by atoms with E-state index in [1.807, 2.05) is 29.6 Å². The van der Waals surface area contributed by atoms with Crippen LogP contribution in [0.5, 0.6) is 0 Å². The quantitative estimate of drug-likeness (QED) is 0.517. The molecule has 6 heteroatoms. The molecule has 0 fully saturated rings. The Morgan fingerprint density at radius 3 is 2.55 bits per heavy atom. The summed E-state index contributed by atoms with van der Waals surface area (Å²) in [5.74, 6) is -1.01. The summed E-state index contributed by atoms with van der Waals surface area (Å²) < 4.78 is 0. The Kier molecular flexibility index (Phi) is 5.26. The molecule has 0 bridgehead atoms. The smallest absolute Gasteiger partial charge is 0.339 e. The molecule has 2 N–H and O–H groups in total. The van der Waals surface area contributed by atoms with Crippen molar-refractivity contribution < 1.29 is 14.7 Å². The van der Waals surface area contributed by atoms with E-state index in [1.54, 1.807) is 24.3 Å². The van der Waals surface area contributed by atoms with Gasteiger partial charge >= 0.3 is 5.97 Å². The third-order valence-corrected chi connectivity index (χ3v) is 6.29. The summed E-state index contributed by atoms with van der Waals surface area (Å²) in [6.07, 6.45) is 1.06. The minimum absolute atomic E-state index is 0.0832. The molecule has 0 radical (unpaired) electrons. The summed E-state index contributed by atoms with van der Waals surface area (Å²) in [6, 6.07) is 14.7. The lowest BCUT2D eigenvalue weighted by Crippen LogP contribution is -2.24. The number of carboxylic acid groups (broad SMARTS) is 1. The molecule has 29 heavy (non-hydrogen) atoms. The van der Waals surface area contributed by atoms with E-state index in [0.717, 1.165) is 16.7 Å². The van der Waals surface area contributed by atoms with Crippen molar-refractivity contribution in [3.05, 3.63) is 87.9 Å². The first kappa shape index (κ1) is 19.4. The van der Waals surface area contributed by atoms with Crippen molar-refractivity contribution in [3.63, 3.8) is 0 Å². The number of ketones is 1. The fourth-order valence-electron chi connectivity index (χ4n) is 3.64. The lowest BCUT2D eigenvalue weighted by Gasteiger charge is -2.26. The van der Waals surface area contributed by atoms with E-state index in [9.17, 15) is 14.7 Å². The van der Waals surface area contributed by atoms with Crippen molar-refractivity contribution in [1.82, 2.24) is 0 Å². The van der Waals surface area contributed by atoms with Gasteiger partial charge in [0, 0.05) is 39.6 Å². The number of halogens is 1. The molecule has 1 atom stereocenters. The zero-order valence-electron chi connectivity index (χ0n) is 15.4. The standard InChI is InChI=1S/C23H18ClNO3S/c1-13(16-10-15-4-2-3-5-18(15)20(26)11-16)25-22-21(23(27)28)19(12-29-22)14-6-8-17(24)9-7-14/h2-9,12,16,25H,1,10-11H2,(H,27,28). The minimum Gasteiger partial charge on any atom is -0.478 e. The van der Waals surface area contributed by atoms with Gasteiger partial charge < -0.3 is 10.4 Å². The van der Waals surface area contributed by atoms with Crippen LogP contribution >= 0.6 is 22.9 Å². The topological polar surface area (TPSA) is 66.4 Å². The Balaban J connectivity index is 1.60. The van der Waals surface area contributed by atoms with E-state index < -0.39 is 5.97 Å². The fourth-order valence-corrected chi connectivity index (χ4v) is 4.76. The first-order chi connectivity index (χ1) is 13.9. The highest BCUT2D eigenvalue weighted by atomic mass is 35.5. The second-order valence-corrected chi connectivity index (χ2v) is 8.32. The first-order valence-electron chi connectivity index (χ1n) is 9.11. The molecule has 1 aliphatic carbocycles. The molecule has 1 unspecified atom stereocenters. The van der Waals surface area contributed by atoms with Crippen LogP contribution in [0.1, 0.15) is 32.7 Å². The monoisotopic (exact) mass is 423 g/mol. The van der Waals surface area contributed by atoms with Gasteiger partial charge in [-0.25, -0.2) is 4.79 Å². The van der Waals surface area contributed by atoms with Gasteiger partial charge in [-0.15, -0.1) is 11.3 Å². The Morgan fingerprint density at radius 2 is 1.83 bits per heavy atom. The molecule has 4 nitrogen and oxygen atoms in total. The summed E-state index contributed by atoms with van der Waals surface area (Å²) in [4.78, 5) is 24.4. The number of hydrogen-bond donors (Lipinski definition) is 2. The molecular weight excluding hydrogens is 406 g/mol. The maximum absolute atomic E-state index is 12.5. The van der Waals surface area contributed by atoms with E-state index in [2.05, 4.69) is 11.9 Å². The average molecular weight is 424 g/mol. The summed E-state index contributed by atoms with van der Waals surface area (Å²) in [5, 5.41) is 15.9. The zero-order valence-corrected chi connectivity index (χ0v) is 17.0. The molecule has 1 aliphatic rings. The number of carboxylic acids is 1. The van der Waals surface area contributed by atoms with Gasteiger partial charge in [0.2, 0.25) is 0 Å². The van der Waals surface area contributed by atoms with Crippen molar-refractivity contribution in [2.24, 2.45) is 5.92 Å². The number of rotatable bonds is 5. The Labute approximate surface area is 177 Å². The van der Waals surface area contributed by atoms with Crippen LogP contribution in [-0.2, 0) is 6.42 Å². The van der Waals surface area contributed by atoms with Gasteiger partial charge in [0.05, 0.1) is 0 Å². The number of fused-ring (bicyclic) bond motifs is 1. The first-order valence-corrected chi connectivity index (χ1v) is 10.4. The van der Waals surface area contributed by atoms with Crippen LogP contribution in [0.2, 0.25) is 5.02 Å². The van der Waals surface area contributed by atoms with E-state index in [1.165, 1.54) is 11.3 Å². The van der Waals surface area contributed by atoms with E-state index in [0.29, 0.717) is 34.1 Å². The highest BCUT2D eigenvalue weighted by Gasteiger charge is 2.28. The molecule has 0 amide bonds. The molecule has 0 saturated heterocycles. The molecule has 2 aromatic carbocycles. The van der Waals surface area contributed by atoms with Crippen LogP contribution in [0.4, 0.5) is 5.00 Å². The Hall–Kier alpha value is -2.89. The van der Waals surface area contributed by atoms with E-state index >= 15 is 0 Å². The van der Waals surface area contributed by atoms with Gasteiger partial charge in [-0.2, -0.15) is 0 Å². The van der Waals surface area contributed by atoms with Gasteiger partial charge in [-0.3, -0.25) is 4.79 Å². The lowest BCUT2D eigenvalue weighted by molar-refractivity contribution is 0.0699. The molecule has 3 aromatic rings. The molecule has 1 aromatic heterocycles. The van der Waals surface area contributed by atoms with E-state index in [4.69, 9.17) is 11.6 Å². The van der Waals surface area contributed by atoms with Crippen molar-refractivity contribution in [1.29, 1.82) is 0 Å². The number of benzene rings is 2. The van der Waals surface area contributed by atoms with Gasteiger partial charge in [0.25, 0.3) is 0 Å². The van der Waals surface area contributed by atoms with Crippen LogP contribution in [0.25, 0.3) is 11.1 Å². The highest BCUT2D eigenvalue weighted by Crippen LogP contribution is 2.38. The Bertz CT molecular complexity index is 1120. The lowest BCUT2D eigenvalue weighted by atomic mass is 9.81. The van der Waals surface area contributed by atoms with Crippen molar-refractivity contribution in [2.75, 3.05) is 5.32 Å². The number of aromatic carboxylic acids is 1. The second kappa shape index (κ2) is 7.85. The molecule has 0 spiro atoms. The molecular formula is C23H18ClNO3S. The van der Waals surface area contributed by atoms with Crippen LogP contribution in [0.15, 0.2) is 66.2 Å². The minimum atomic E-state index is -1.02. The molecule has 1 heterocycles. The largest absolute Gasteiger partial charge is 0.478 e. The van der Waals surface area contributed by atoms with Crippen LogP contribution in [0.3, 0.4) is 0 Å². The maximum atomic E-state index is 12.5. The summed E-state index contributed by atoms with van der Waals surface area (Å²) >= 11 is 7.26. The normalized spacial score (nSPS) is 15.6. The van der Waals surface area contributed by atoms with E-state index in [-0.39, 0.29) is 17.3 Å². The second-order valence-electron chi connectivity index (χ2n) is 7.00. The van der Waals surface area contributed by atoms with Gasteiger partial charge in [0.15, 0.2) is 5.78 Å². The van der Waals surface area contributed by atoms with Crippen LogP contribution in [0, 0.1) is 5.92 Å². The summed E-state index contributed by atoms with van der Waals surface area (Å²) in [7, 11) is 0. The average Bonchev–Trinajstić information content (AvgIpc) is 3.12. The van der Waals surface area contributed by atoms with Gasteiger partial charge in [-0.05, 0) is 29.7 Å². The number of carbonyl (C=O) groups is 2. The number of Topliss-reactive ketones (excluding diaryl/α,β-unsaturated/α-hetero) is 1. The van der Waals surface area contributed by atoms with Crippen LogP contribution < -0.4 is 5.32 Å². The summed E-state index contributed by atoms with van der Waals surface area (Å²) in [6.45, 7) is 4.11. The third kappa shape index (κ3) is 3.84. The van der Waals surface area contributed by atoms with Crippen molar-refractivity contribution in [3.8, 4) is 11.1 Å². The number of thiophene rings is 1. The highest BCUT2D eigenvalue weighted by molar-refractivity contribution is 7.15. The number of anilines is 1.